The van der Waals surface area contributed by atoms with Crippen LogP contribution >= 0.6 is 0 Å². The van der Waals surface area contributed by atoms with E-state index in [0.29, 0.717) is 49.2 Å². The summed E-state index contributed by atoms with van der Waals surface area (Å²) in [6.07, 6.45) is 11.5. The second-order valence-corrected chi connectivity index (χ2v) is 9.26. The number of likely N-dealkylation sites (tertiary alicyclic amines) is 1. The van der Waals surface area contributed by atoms with Gasteiger partial charge in [0.25, 0.3) is 0 Å². The molecule has 1 spiro atoms. The Morgan fingerprint density at radius 3 is 2.80 bits per heavy atom. The molecule has 3 N–H and O–H groups in total. The van der Waals surface area contributed by atoms with Crippen molar-refractivity contribution in [2.45, 2.75) is 57.4 Å². The third kappa shape index (κ3) is 4.66. The summed E-state index contributed by atoms with van der Waals surface area (Å²) in [6, 6.07) is -0.539. The highest BCUT2D eigenvalue weighted by Gasteiger charge is 2.56. The van der Waals surface area contributed by atoms with E-state index in [4.69, 9.17) is 0 Å². The van der Waals surface area contributed by atoms with Crippen LogP contribution in [0.25, 0.3) is 0 Å². The molecular formula is C21H31N5O4. The lowest BCUT2D eigenvalue weighted by Gasteiger charge is -2.30. The smallest absolute Gasteiger partial charge is 0.248 e. The molecule has 30 heavy (non-hydrogen) atoms. The van der Waals surface area contributed by atoms with E-state index in [1.807, 2.05) is 0 Å². The van der Waals surface area contributed by atoms with Gasteiger partial charge in [-0.2, -0.15) is 0 Å². The van der Waals surface area contributed by atoms with Crippen LogP contribution in [-0.4, -0.2) is 64.9 Å². The van der Waals surface area contributed by atoms with Crippen LogP contribution in [-0.2, 0) is 14.4 Å². The van der Waals surface area contributed by atoms with E-state index >= 15 is 0 Å². The summed E-state index contributed by atoms with van der Waals surface area (Å²) in [5.74, 6) is 0.133. The van der Waals surface area contributed by atoms with E-state index < -0.39 is 12.0 Å². The molecule has 4 aliphatic rings. The maximum atomic E-state index is 13.5. The topological polar surface area (TPSA) is 114 Å². The minimum atomic E-state index is -0.539. The second-order valence-electron chi connectivity index (χ2n) is 9.26. The average Bonchev–Trinajstić information content (AvgIpc) is 3.13. The molecule has 2 saturated carbocycles. The zero-order valence-electron chi connectivity index (χ0n) is 17.3. The highest BCUT2D eigenvalue weighted by atomic mass is 16.5. The number of hydrogen-bond acceptors (Lipinski definition) is 6. The first-order chi connectivity index (χ1) is 14.5. The van der Waals surface area contributed by atoms with E-state index in [2.05, 4.69) is 15.6 Å². The van der Waals surface area contributed by atoms with Crippen molar-refractivity contribution in [1.82, 2.24) is 20.6 Å². The predicted octanol–water partition coefficient (Wildman–Crippen LogP) is 1.00. The van der Waals surface area contributed by atoms with Crippen LogP contribution in [0.1, 0.15) is 51.4 Å². The van der Waals surface area contributed by atoms with Gasteiger partial charge in [-0.05, 0) is 37.0 Å². The summed E-state index contributed by atoms with van der Waals surface area (Å²) in [7, 11) is 0. The van der Waals surface area contributed by atoms with Crippen molar-refractivity contribution in [2.24, 2.45) is 22.2 Å². The molecular weight excluding hydrogens is 386 g/mol. The molecule has 0 bridgehead atoms. The van der Waals surface area contributed by atoms with Crippen LogP contribution in [0.3, 0.4) is 0 Å². The normalized spacial score (nSPS) is 25.6. The van der Waals surface area contributed by atoms with Gasteiger partial charge in [-0.15, -0.1) is 0 Å². The first-order valence-corrected chi connectivity index (χ1v) is 11.0. The Hall–Kier alpha value is -2.42. The third-order valence-electron chi connectivity index (χ3n) is 6.98. The third-order valence-corrected chi connectivity index (χ3v) is 6.98. The quantitative estimate of drug-likeness (QED) is 0.325. The Morgan fingerprint density at radius 2 is 2.17 bits per heavy atom. The zero-order chi connectivity index (χ0) is 21.1. The van der Waals surface area contributed by atoms with Crippen LogP contribution in [0.4, 0.5) is 0 Å². The van der Waals surface area contributed by atoms with E-state index in [9.17, 15) is 19.6 Å². The first kappa shape index (κ1) is 20.8. The predicted molar refractivity (Wildman–Crippen MR) is 109 cm³/mol. The maximum Gasteiger partial charge on any atom is 0.248 e. The van der Waals surface area contributed by atoms with Gasteiger partial charge in [0.1, 0.15) is 11.9 Å². The summed E-state index contributed by atoms with van der Waals surface area (Å²) in [5.41, 5.74) is 0.0473. The molecule has 2 aliphatic heterocycles. The Balaban J connectivity index is 1.48. The molecule has 0 aromatic heterocycles. The number of aliphatic imine (C=N–C) groups is 1. The minimum absolute atomic E-state index is 0.0297. The average molecular weight is 418 g/mol. The summed E-state index contributed by atoms with van der Waals surface area (Å²) in [6.45, 7) is 0.984. The van der Waals surface area contributed by atoms with Gasteiger partial charge in [-0.25, -0.2) is 10.1 Å². The number of hydrogen-bond donors (Lipinski definition) is 3. The van der Waals surface area contributed by atoms with Crippen LogP contribution in [0.2, 0.25) is 0 Å². The zero-order valence-corrected chi connectivity index (χ0v) is 17.3. The van der Waals surface area contributed by atoms with Crippen molar-refractivity contribution in [3.8, 4) is 0 Å². The lowest BCUT2D eigenvalue weighted by atomic mass is 9.91. The monoisotopic (exact) mass is 417 g/mol. The molecule has 9 heteroatoms. The highest BCUT2D eigenvalue weighted by molar-refractivity contribution is 6.03. The van der Waals surface area contributed by atoms with Gasteiger partial charge in [-0.3, -0.25) is 19.6 Å². The van der Waals surface area contributed by atoms with Gasteiger partial charge >= 0.3 is 0 Å². The molecule has 2 unspecified atom stereocenters. The number of amidine groups is 1. The fourth-order valence-electron chi connectivity index (χ4n) is 5.15. The molecule has 0 aromatic carbocycles. The lowest BCUT2D eigenvalue weighted by molar-refractivity contribution is -0.158. The number of rotatable bonds is 7. The Labute approximate surface area is 176 Å². The van der Waals surface area contributed by atoms with Crippen molar-refractivity contribution in [2.75, 3.05) is 19.6 Å². The van der Waals surface area contributed by atoms with E-state index in [1.54, 1.807) is 17.3 Å². The number of hydroxylamine groups is 2. The molecule has 4 rings (SSSR count). The molecule has 1 saturated heterocycles. The van der Waals surface area contributed by atoms with E-state index in [1.165, 1.54) is 0 Å². The number of carbonyl (C=O) groups excluding carboxylic acids is 3. The van der Waals surface area contributed by atoms with Crippen molar-refractivity contribution in [3.63, 3.8) is 0 Å². The van der Waals surface area contributed by atoms with Crippen LogP contribution in [0.15, 0.2) is 17.4 Å². The van der Waals surface area contributed by atoms with Crippen LogP contribution in [0.5, 0.6) is 0 Å². The summed E-state index contributed by atoms with van der Waals surface area (Å²) in [5, 5.41) is 16.2. The van der Waals surface area contributed by atoms with Crippen LogP contribution < -0.4 is 10.6 Å². The molecule has 3 fully saturated rings. The van der Waals surface area contributed by atoms with Gasteiger partial charge in [0.15, 0.2) is 0 Å². The largest absolute Gasteiger partial charge is 0.382 e. The molecule has 164 valence electrons. The number of carbonyl (C=O) groups is 3. The van der Waals surface area contributed by atoms with Gasteiger partial charge in [-0.1, -0.05) is 25.7 Å². The molecule has 2 atom stereocenters. The Morgan fingerprint density at radius 1 is 1.40 bits per heavy atom. The lowest BCUT2D eigenvalue weighted by Crippen LogP contribution is -2.51. The molecule has 2 heterocycles. The first-order valence-electron chi connectivity index (χ1n) is 11.0. The summed E-state index contributed by atoms with van der Waals surface area (Å²) >= 11 is 0. The highest BCUT2D eigenvalue weighted by Crippen LogP contribution is 2.55. The second kappa shape index (κ2) is 8.75. The Bertz CT molecular complexity index is 742. The standard InChI is InChI=1S/C21H31N5O4/c27-14-25(30)12-16(9-15-3-1-2-4-15)20(29)26-13-21(5-6-21)10-17(26)19(28)24-18-11-22-7-8-23-18/h7-8,14-17,22,30H,1-6,9-13H2,(H,23,24,28). The fourth-order valence-corrected chi connectivity index (χ4v) is 5.15. The Kier molecular flexibility index (Phi) is 6.08. The summed E-state index contributed by atoms with van der Waals surface area (Å²) in [4.78, 5) is 43.5. The number of nitrogens with one attached hydrogen (secondary N) is 2. The van der Waals surface area contributed by atoms with Gasteiger partial charge in [0.05, 0.1) is 19.0 Å². The van der Waals surface area contributed by atoms with Crippen molar-refractivity contribution in [1.29, 1.82) is 0 Å². The molecule has 0 aromatic rings. The van der Waals surface area contributed by atoms with Crippen molar-refractivity contribution >= 4 is 24.1 Å². The minimum Gasteiger partial charge on any atom is -0.382 e. The van der Waals surface area contributed by atoms with E-state index in [-0.39, 0.29) is 23.8 Å². The SMILES string of the molecule is O=CN(O)CC(CC1CCCC1)C(=O)N1CC2(CC2)CC1C(=O)NC1=NC=CNC1. The molecule has 3 amide bonds. The molecule has 9 nitrogen and oxygen atoms in total. The van der Waals surface area contributed by atoms with Gasteiger partial charge < -0.3 is 15.5 Å². The van der Waals surface area contributed by atoms with Crippen molar-refractivity contribution in [3.05, 3.63) is 12.4 Å². The van der Waals surface area contributed by atoms with Crippen LogP contribution in [0, 0.1) is 17.3 Å². The summed E-state index contributed by atoms with van der Waals surface area (Å²) < 4.78 is 0. The van der Waals surface area contributed by atoms with Gasteiger partial charge in [0, 0.05) is 18.9 Å². The van der Waals surface area contributed by atoms with Crippen molar-refractivity contribution < 1.29 is 19.6 Å². The fraction of sp³-hybridized carbons (Fsp3) is 0.714. The number of amides is 3. The molecule has 2 aliphatic carbocycles. The maximum absolute atomic E-state index is 13.5. The van der Waals surface area contributed by atoms with Gasteiger partial charge in [0.2, 0.25) is 18.2 Å². The molecule has 0 radical (unpaired) electrons. The van der Waals surface area contributed by atoms with E-state index in [0.717, 1.165) is 38.5 Å². The number of nitrogens with zero attached hydrogens (tertiary/aromatic N) is 3.